The molecule has 8 nitrogen and oxygen atoms in total. The topological polar surface area (TPSA) is 99.9 Å². The zero-order valence-corrected chi connectivity index (χ0v) is 13.9. The van der Waals surface area contributed by atoms with Crippen LogP contribution < -0.4 is 19.5 Å². The number of carbonyl (C=O) groups is 1. The molecule has 1 heterocycles. The van der Waals surface area contributed by atoms with E-state index in [4.69, 9.17) is 14.2 Å². The lowest BCUT2D eigenvalue weighted by atomic mass is 10.1. The fourth-order valence-corrected chi connectivity index (χ4v) is 2.41. The number of fused-ring (bicyclic) bond motifs is 1. The number of methoxy groups -OCH3 is 1. The van der Waals surface area contributed by atoms with Crippen LogP contribution in [0.4, 0.5) is 11.4 Å². The van der Waals surface area contributed by atoms with E-state index in [1.807, 2.05) is 6.07 Å². The van der Waals surface area contributed by atoms with Gasteiger partial charge in [-0.25, -0.2) is 0 Å². The highest BCUT2D eigenvalue weighted by molar-refractivity contribution is 6.02. The zero-order chi connectivity index (χ0) is 18.5. The maximum absolute atomic E-state index is 12.1. The summed E-state index contributed by atoms with van der Waals surface area (Å²) in [5, 5.41) is 13.4. The monoisotopic (exact) mass is 356 g/mol. The third kappa shape index (κ3) is 3.92. The number of hydrogen-bond donors (Lipinski definition) is 1. The number of nitrogens with zero attached hydrogens (tertiary/aromatic N) is 1. The lowest BCUT2D eigenvalue weighted by molar-refractivity contribution is -0.384. The van der Waals surface area contributed by atoms with Crippen molar-refractivity contribution >= 4 is 23.4 Å². The highest BCUT2D eigenvalue weighted by Crippen LogP contribution is 2.31. The summed E-state index contributed by atoms with van der Waals surface area (Å²) in [6.45, 7) is 1.00. The molecule has 2 aromatic carbocycles. The van der Waals surface area contributed by atoms with Gasteiger partial charge in [-0.05, 0) is 29.8 Å². The van der Waals surface area contributed by atoms with Crippen molar-refractivity contribution in [2.75, 3.05) is 25.6 Å². The van der Waals surface area contributed by atoms with Crippen LogP contribution in [0.5, 0.6) is 17.2 Å². The van der Waals surface area contributed by atoms with Gasteiger partial charge >= 0.3 is 0 Å². The molecule has 0 unspecified atom stereocenters. The van der Waals surface area contributed by atoms with E-state index in [1.165, 1.54) is 31.4 Å². The second-order valence-corrected chi connectivity index (χ2v) is 5.37. The SMILES string of the molecule is COc1cc([N+](=O)[O-])ccc1NC(=O)/C=C\c1ccc2c(c1)OCCO2. The van der Waals surface area contributed by atoms with Gasteiger partial charge in [0.05, 0.1) is 23.8 Å². The molecule has 134 valence electrons. The average molecular weight is 356 g/mol. The summed E-state index contributed by atoms with van der Waals surface area (Å²) >= 11 is 0. The molecule has 0 spiro atoms. The lowest BCUT2D eigenvalue weighted by Gasteiger charge is -2.18. The smallest absolute Gasteiger partial charge is 0.273 e. The molecule has 0 atom stereocenters. The molecule has 0 radical (unpaired) electrons. The Morgan fingerprint density at radius 2 is 1.96 bits per heavy atom. The number of nitro benzene ring substituents is 1. The normalized spacial score (nSPS) is 12.7. The zero-order valence-electron chi connectivity index (χ0n) is 13.9. The summed E-state index contributed by atoms with van der Waals surface area (Å²) in [6, 6.07) is 9.34. The number of nitro groups is 1. The minimum atomic E-state index is -0.532. The molecule has 0 aromatic heterocycles. The number of ether oxygens (including phenoxy) is 3. The van der Waals surface area contributed by atoms with Crippen molar-refractivity contribution in [3.05, 3.63) is 58.2 Å². The van der Waals surface area contributed by atoms with Gasteiger partial charge in [0.2, 0.25) is 5.91 Å². The van der Waals surface area contributed by atoms with E-state index in [-0.39, 0.29) is 11.4 Å². The third-order valence-corrected chi connectivity index (χ3v) is 3.65. The van der Waals surface area contributed by atoms with Gasteiger partial charge in [-0.15, -0.1) is 0 Å². The number of anilines is 1. The molecule has 0 saturated carbocycles. The quantitative estimate of drug-likeness (QED) is 0.502. The minimum absolute atomic E-state index is 0.119. The summed E-state index contributed by atoms with van der Waals surface area (Å²) in [4.78, 5) is 22.4. The summed E-state index contributed by atoms with van der Waals surface area (Å²) in [5.74, 6) is 1.12. The van der Waals surface area contributed by atoms with Gasteiger partial charge in [0.15, 0.2) is 11.5 Å². The van der Waals surface area contributed by atoms with E-state index in [0.29, 0.717) is 30.4 Å². The summed E-state index contributed by atoms with van der Waals surface area (Å²) in [7, 11) is 1.37. The van der Waals surface area contributed by atoms with Crippen molar-refractivity contribution < 1.29 is 23.9 Å². The predicted molar refractivity (Wildman–Crippen MR) is 94.7 cm³/mol. The number of benzene rings is 2. The third-order valence-electron chi connectivity index (χ3n) is 3.65. The van der Waals surface area contributed by atoms with Gasteiger partial charge in [0.1, 0.15) is 19.0 Å². The van der Waals surface area contributed by atoms with Gasteiger partial charge in [-0.1, -0.05) is 6.07 Å². The number of amides is 1. The van der Waals surface area contributed by atoms with Crippen LogP contribution >= 0.6 is 0 Å². The number of nitrogens with one attached hydrogen (secondary N) is 1. The first-order valence-corrected chi connectivity index (χ1v) is 7.78. The molecule has 0 fully saturated rings. The summed E-state index contributed by atoms with van der Waals surface area (Å²) in [5.41, 5.74) is 1.00. The van der Waals surface area contributed by atoms with Gasteiger partial charge in [0, 0.05) is 12.1 Å². The Labute approximate surface area is 149 Å². The molecule has 0 bridgehead atoms. The highest BCUT2D eigenvalue weighted by atomic mass is 16.6. The molecule has 2 aromatic rings. The molecule has 1 aliphatic heterocycles. The molecule has 3 rings (SSSR count). The van der Waals surface area contributed by atoms with Crippen molar-refractivity contribution in [1.29, 1.82) is 0 Å². The van der Waals surface area contributed by atoms with E-state index < -0.39 is 10.8 Å². The molecule has 26 heavy (non-hydrogen) atoms. The van der Waals surface area contributed by atoms with E-state index in [2.05, 4.69) is 5.32 Å². The number of rotatable bonds is 5. The van der Waals surface area contributed by atoms with E-state index in [9.17, 15) is 14.9 Å². The molecule has 0 saturated heterocycles. The molecule has 1 N–H and O–H groups in total. The fraction of sp³-hybridized carbons (Fsp3) is 0.167. The van der Waals surface area contributed by atoms with Crippen molar-refractivity contribution in [2.24, 2.45) is 0 Å². The second-order valence-electron chi connectivity index (χ2n) is 5.37. The fourth-order valence-electron chi connectivity index (χ4n) is 2.41. The Morgan fingerprint density at radius 3 is 2.69 bits per heavy atom. The van der Waals surface area contributed by atoms with Gasteiger partial charge in [-0.2, -0.15) is 0 Å². The number of hydrogen-bond acceptors (Lipinski definition) is 6. The summed E-state index contributed by atoms with van der Waals surface area (Å²) < 4.78 is 16.0. The first-order chi connectivity index (χ1) is 12.6. The number of non-ortho nitro benzene ring substituents is 1. The maximum Gasteiger partial charge on any atom is 0.273 e. The standard InChI is InChI=1S/C18H16N2O6/c1-24-16-11-13(20(22)23)4-5-14(16)19-18(21)7-3-12-2-6-15-17(10-12)26-9-8-25-15/h2-7,10-11H,8-9H2,1H3,(H,19,21)/b7-3-. The van der Waals surface area contributed by atoms with Crippen LogP contribution in [0.3, 0.4) is 0 Å². The number of carbonyl (C=O) groups excluding carboxylic acids is 1. The first kappa shape index (κ1) is 17.3. The Hall–Kier alpha value is -3.55. The van der Waals surface area contributed by atoms with Crippen molar-refractivity contribution in [3.8, 4) is 17.2 Å². The van der Waals surface area contributed by atoms with Crippen LogP contribution in [-0.2, 0) is 4.79 Å². The van der Waals surface area contributed by atoms with Crippen LogP contribution in [0.2, 0.25) is 0 Å². The van der Waals surface area contributed by atoms with Crippen molar-refractivity contribution in [1.82, 2.24) is 0 Å². The van der Waals surface area contributed by atoms with Gasteiger partial charge in [0.25, 0.3) is 5.69 Å². The van der Waals surface area contributed by atoms with E-state index in [1.54, 1.807) is 18.2 Å². The van der Waals surface area contributed by atoms with Crippen LogP contribution in [0.15, 0.2) is 42.5 Å². The van der Waals surface area contributed by atoms with Gasteiger partial charge < -0.3 is 19.5 Å². The van der Waals surface area contributed by atoms with Crippen LogP contribution in [0.1, 0.15) is 5.56 Å². The first-order valence-electron chi connectivity index (χ1n) is 7.78. The Morgan fingerprint density at radius 1 is 1.19 bits per heavy atom. The minimum Gasteiger partial charge on any atom is -0.494 e. The van der Waals surface area contributed by atoms with Crippen molar-refractivity contribution in [2.45, 2.75) is 0 Å². The van der Waals surface area contributed by atoms with Crippen LogP contribution in [0, 0.1) is 10.1 Å². The highest BCUT2D eigenvalue weighted by Gasteiger charge is 2.13. The Balaban J connectivity index is 1.70. The molecule has 1 amide bonds. The van der Waals surface area contributed by atoms with Gasteiger partial charge in [-0.3, -0.25) is 14.9 Å². The largest absolute Gasteiger partial charge is 0.494 e. The Kier molecular flexibility index (Phi) is 5.02. The second kappa shape index (κ2) is 7.56. The molecule has 1 aliphatic rings. The molecule has 8 heteroatoms. The molecule has 0 aliphatic carbocycles. The van der Waals surface area contributed by atoms with E-state index in [0.717, 1.165) is 5.56 Å². The van der Waals surface area contributed by atoms with Crippen LogP contribution in [0.25, 0.3) is 6.08 Å². The Bertz CT molecular complexity index is 878. The van der Waals surface area contributed by atoms with E-state index >= 15 is 0 Å². The average Bonchev–Trinajstić information content (AvgIpc) is 2.66. The molecular weight excluding hydrogens is 340 g/mol. The summed E-state index contributed by atoms with van der Waals surface area (Å²) in [6.07, 6.45) is 2.98. The maximum atomic E-state index is 12.1. The van der Waals surface area contributed by atoms with Crippen molar-refractivity contribution in [3.63, 3.8) is 0 Å². The van der Waals surface area contributed by atoms with Crippen LogP contribution in [-0.4, -0.2) is 31.2 Å². The molecular formula is C18H16N2O6. The lowest BCUT2D eigenvalue weighted by Crippen LogP contribution is -2.15. The predicted octanol–water partition coefficient (Wildman–Crippen LogP) is 3.03.